The highest BCUT2D eigenvalue weighted by atomic mass is 16.6. The Bertz CT molecular complexity index is 1190. The summed E-state index contributed by atoms with van der Waals surface area (Å²) in [5.41, 5.74) is 3.59. The lowest BCUT2D eigenvalue weighted by Gasteiger charge is -2.07. The highest BCUT2D eigenvalue weighted by molar-refractivity contribution is 5.99. The summed E-state index contributed by atoms with van der Waals surface area (Å²) >= 11 is 0. The Kier molecular flexibility index (Phi) is 5.07. The molecule has 146 valence electrons. The number of rotatable bonds is 6. The minimum absolute atomic E-state index is 0.00519. The predicted octanol–water partition coefficient (Wildman–Crippen LogP) is 1.58. The molecule has 0 saturated carbocycles. The van der Waals surface area contributed by atoms with E-state index in [9.17, 15) is 19.7 Å². The van der Waals surface area contributed by atoms with E-state index in [-0.39, 0.29) is 16.9 Å². The Morgan fingerprint density at radius 3 is 2.61 bits per heavy atom. The van der Waals surface area contributed by atoms with Crippen molar-refractivity contribution in [1.29, 1.82) is 0 Å². The fraction of sp³-hybridized carbons (Fsp3) is 0.294. The third-order valence-corrected chi connectivity index (χ3v) is 4.27. The van der Waals surface area contributed by atoms with Crippen molar-refractivity contribution < 1.29 is 4.92 Å². The van der Waals surface area contributed by atoms with E-state index in [1.807, 2.05) is 6.92 Å². The van der Waals surface area contributed by atoms with Crippen molar-refractivity contribution in [2.45, 2.75) is 26.8 Å². The summed E-state index contributed by atoms with van der Waals surface area (Å²) in [5.74, 6) is 0.324. The molecule has 2 aromatic heterocycles. The minimum Gasteiger partial charge on any atom is -0.303 e. The zero-order valence-electron chi connectivity index (χ0n) is 15.6. The van der Waals surface area contributed by atoms with Gasteiger partial charge < -0.3 is 4.57 Å². The maximum absolute atomic E-state index is 12.3. The number of benzene rings is 1. The standard InChI is InChI=1S/C17H19N7O4/c1-4-9-23-13-14(22(3)17(26)19-15(13)25)18-16(23)21-20-10(2)11-5-7-12(8-6-11)24(27)28/h5-8H,4,9H2,1-3H3,(H,18,21)(H,19,25,26)/b20-10-. The number of nitrogens with one attached hydrogen (secondary N) is 2. The molecule has 2 heterocycles. The van der Waals surface area contributed by atoms with Gasteiger partial charge in [0.15, 0.2) is 11.2 Å². The number of hydrogen-bond acceptors (Lipinski definition) is 7. The summed E-state index contributed by atoms with van der Waals surface area (Å²) < 4.78 is 2.93. The van der Waals surface area contributed by atoms with Crippen LogP contribution in [0.3, 0.4) is 0 Å². The fourth-order valence-corrected chi connectivity index (χ4v) is 2.78. The van der Waals surface area contributed by atoms with Crippen LogP contribution in [0.5, 0.6) is 0 Å². The van der Waals surface area contributed by atoms with E-state index in [4.69, 9.17) is 0 Å². The fourth-order valence-electron chi connectivity index (χ4n) is 2.78. The van der Waals surface area contributed by atoms with E-state index in [1.54, 1.807) is 23.6 Å². The Balaban J connectivity index is 2.00. The smallest absolute Gasteiger partial charge is 0.303 e. The van der Waals surface area contributed by atoms with Crippen molar-refractivity contribution in [3.8, 4) is 0 Å². The van der Waals surface area contributed by atoms with Gasteiger partial charge in [0.1, 0.15) is 0 Å². The van der Waals surface area contributed by atoms with Gasteiger partial charge in [-0.2, -0.15) is 10.1 Å². The van der Waals surface area contributed by atoms with E-state index in [1.165, 1.54) is 23.7 Å². The van der Waals surface area contributed by atoms with Crippen LogP contribution >= 0.6 is 0 Å². The summed E-state index contributed by atoms with van der Waals surface area (Å²) in [6.45, 7) is 4.20. The molecule has 0 spiro atoms. The molecule has 0 aliphatic carbocycles. The van der Waals surface area contributed by atoms with Gasteiger partial charge in [0.25, 0.3) is 11.2 Å². The van der Waals surface area contributed by atoms with Crippen molar-refractivity contribution >= 4 is 28.5 Å². The van der Waals surface area contributed by atoms with Crippen molar-refractivity contribution in [3.05, 3.63) is 60.8 Å². The van der Waals surface area contributed by atoms with Crippen molar-refractivity contribution in [3.63, 3.8) is 0 Å². The van der Waals surface area contributed by atoms with Crippen molar-refractivity contribution in [2.75, 3.05) is 5.43 Å². The average molecular weight is 385 g/mol. The first-order valence-electron chi connectivity index (χ1n) is 8.58. The molecule has 0 amide bonds. The molecule has 0 aliphatic rings. The Labute approximate surface area is 158 Å². The first-order valence-corrected chi connectivity index (χ1v) is 8.58. The number of hydrogen-bond donors (Lipinski definition) is 2. The van der Waals surface area contributed by atoms with E-state index in [0.29, 0.717) is 23.8 Å². The van der Waals surface area contributed by atoms with Crippen molar-refractivity contribution in [1.82, 2.24) is 19.1 Å². The Hall–Kier alpha value is -3.76. The zero-order valence-corrected chi connectivity index (χ0v) is 15.6. The minimum atomic E-state index is -0.546. The number of nitro benzene ring substituents is 1. The SMILES string of the molecule is CCCn1c(N/N=C(/C)c2ccc([N+](=O)[O-])cc2)nc2c1c(=O)[nH]c(=O)n2C. The molecule has 0 aliphatic heterocycles. The van der Waals surface area contributed by atoms with Gasteiger partial charge in [-0.1, -0.05) is 6.92 Å². The molecule has 0 radical (unpaired) electrons. The highest BCUT2D eigenvalue weighted by Crippen LogP contribution is 2.17. The Morgan fingerprint density at radius 1 is 1.32 bits per heavy atom. The van der Waals surface area contributed by atoms with Gasteiger partial charge in [0, 0.05) is 25.7 Å². The van der Waals surface area contributed by atoms with E-state index >= 15 is 0 Å². The number of hydrazone groups is 1. The third kappa shape index (κ3) is 3.41. The summed E-state index contributed by atoms with van der Waals surface area (Å²) in [5, 5.41) is 15.0. The van der Waals surface area contributed by atoms with Gasteiger partial charge in [-0.3, -0.25) is 24.5 Å². The van der Waals surface area contributed by atoms with Crippen LogP contribution in [0.25, 0.3) is 11.2 Å². The van der Waals surface area contributed by atoms with Gasteiger partial charge in [0.05, 0.1) is 10.6 Å². The average Bonchev–Trinajstić information content (AvgIpc) is 3.03. The number of fused-ring (bicyclic) bond motifs is 1. The molecule has 28 heavy (non-hydrogen) atoms. The normalized spacial score (nSPS) is 11.8. The lowest BCUT2D eigenvalue weighted by molar-refractivity contribution is -0.384. The quantitative estimate of drug-likeness (QED) is 0.375. The summed E-state index contributed by atoms with van der Waals surface area (Å²) in [6.07, 6.45) is 0.744. The van der Waals surface area contributed by atoms with Gasteiger partial charge in [-0.05, 0) is 31.0 Å². The second kappa shape index (κ2) is 7.47. The van der Waals surface area contributed by atoms with Crippen LogP contribution in [0, 0.1) is 10.1 Å². The van der Waals surface area contributed by atoms with Crippen LogP contribution in [0.4, 0.5) is 11.6 Å². The van der Waals surface area contributed by atoms with E-state index < -0.39 is 16.2 Å². The molecule has 0 saturated heterocycles. The molecule has 11 nitrogen and oxygen atoms in total. The molecule has 3 rings (SSSR count). The number of nitro groups is 1. The molecule has 0 atom stereocenters. The highest BCUT2D eigenvalue weighted by Gasteiger charge is 2.16. The van der Waals surface area contributed by atoms with E-state index in [0.717, 1.165) is 6.42 Å². The number of H-pyrrole nitrogens is 1. The summed E-state index contributed by atoms with van der Waals surface area (Å²) in [4.78, 5) is 41.0. The number of anilines is 1. The second-order valence-corrected chi connectivity index (χ2v) is 6.19. The molecular formula is C17H19N7O4. The Morgan fingerprint density at radius 2 is 2.00 bits per heavy atom. The monoisotopic (exact) mass is 385 g/mol. The van der Waals surface area contributed by atoms with Crippen LogP contribution in [0.15, 0.2) is 39.0 Å². The molecular weight excluding hydrogens is 366 g/mol. The number of aromatic nitrogens is 4. The lowest BCUT2D eigenvalue weighted by atomic mass is 10.1. The predicted molar refractivity (Wildman–Crippen MR) is 105 cm³/mol. The van der Waals surface area contributed by atoms with Crippen LogP contribution in [-0.4, -0.2) is 29.7 Å². The molecule has 1 aromatic carbocycles. The molecule has 0 unspecified atom stereocenters. The summed E-state index contributed by atoms with van der Waals surface area (Å²) in [6, 6.07) is 6.00. The second-order valence-electron chi connectivity index (χ2n) is 6.19. The van der Waals surface area contributed by atoms with Crippen LogP contribution in [-0.2, 0) is 13.6 Å². The topological polar surface area (TPSA) is 140 Å². The number of aromatic amines is 1. The number of non-ortho nitro benzene ring substituents is 1. The maximum atomic E-state index is 12.3. The largest absolute Gasteiger partial charge is 0.329 e. The van der Waals surface area contributed by atoms with Crippen LogP contribution in [0.2, 0.25) is 0 Å². The molecule has 3 aromatic rings. The van der Waals surface area contributed by atoms with Crippen molar-refractivity contribution in [2.24, 2.45) is 12.1 Å². The van der Waals surface area contributed by atoms with E-state index in [2.05, 4.69) is 20.5 Å². The van der Waals surface area contributed by atoms with Crippen LogP contribution in [0.1, 0.15) is 25.8 Å². The molecule has 11 heteroatoms. The van der Waals surface area contributed by atoms with Gasteiger partial charge >= 0.3 is 5.69 Å². The third-order valence-electron chi connectivity index (χ3n) is 4.27. The number of aryl methyl sites for hydroxylation is 2. The van der Waals surface area contributed by atoms with Crippen LogP contribution < -0.4 is 16.7 Å². The maximum Gasteiger partial charge on any atom is 0.329 e. The van der Waals surface area contributed by atoms with Gasteiger partial charge in [-0.25, -0.2) is 10.2 Å². The first kappa shape index (κ1) is 19.0. The number of imidazole rings is 1. The molecule has 0 fully saturated rings. The molecule has 2 N–H and O–H groups in total. The number of nitrogens with zero attached hydrogens (tertiary/aromatic N) is 5. The first-order chi connectivity index (χ1) is 13.3. The molecule has 0 bridgehead atoms. The van der Waals surface area contributed by atoms with Gasteiger partial charge in [0.2, 0.25) is 5.95 Å². The lowest BCUT2D eigenvalue weighted by Crippen LogP contribution is -2.29. The van der Waals surface area contributed by atoms with Gasteiger partial charge in [-0.15, -0.1) is 0 Å². The zero-order chi connectivity index (χ0) is 20.4. The summed E-state index contributed by atoms with van der Waals surface area (Å²) in [7, 11) is 1.53.